The lowest BCUT2D eigenvalue weighted by Crippen LogP contribution is -2.51. The molecule has 6 nitrogen and oxygen atoms in total. The maximum Gasteiger partial charge on any atom is 0.256 e. The van der Waals surface area contributed by atoms with Crippen molar-refractivity contribution in [2.45, 2.75) is 50.9 Å². The number of hydrogen-bond acceptors (Lipinski definition) is 4. The second kappa shape index (κ2) is 6.84. The number of nitrogens with zero attached hydrogens (tertiary/aromatic N) is 3. The summed E-state index contributed by atoms with van der Waals surface area (Å²) in [7, 11) is 0. The van der Waals surface area contributed by atoms with Crippen molar-refractivity contribution in [1.29, 1.82) is 0 Å². The molecule has 1 aromatic heterocycles. The van der Waals surface area contributed by atoms with Gasteiger partial charge in [0.05, 0.1) is 11.8 Å². The number of carbonyl (C=O) groups is 1. The van der Waals surface area contributed by atoms with Crippen LogP contribution in [0.2, 0.25) is 0 Å². The molecule has 1 aromatic carbocycles. The maximum absolute atomic E-state index is 13.9. The summed E-state index contributed by atoms with van der Waals surface area (Å²) in [5, 5.41) is 15.0. The van der Waals surface area contributed by atoms with Crippen LogP contribution in [0, 0.1) is 11.6 Å². The minimum atomic E-state index is -0.734. The number of amides is 1. The van der Waals surface area contributed by atoms with Gasteiger partial charge in [-0.25, -0.2) is 8.78 Å². The molecule has 0 aliphatic carbocycles. The number of halogens is 2. The Bertz CT molecular complexity index is 904. The van der Waals surface area contributed by atoms with E-state index in [1.165, 1.54) is 4.90 Å². The number of ether oxygens (including phenoxy) is 1. The summed E-state index contributed by atoms with van der Waals surface area (Å²) in [5.41, 5.74) is -0.310. The lowest BCUT2D eigenvalue weighted by atomic mass is 9.83. The number of carbonyl (C=O) groups excluding carboxylic acids is 1. The number of aromatic nitrogens is 2. The van der Waals surface area contributed by atoms with E-state index >= 15 is 0 Å². The third-order valence-corrected chi connectivity index (χ3v) is 5.58. The van der Waals surface area contributed by atoms with Crippen molar-refractivity contribution in [3.05, 3.63) is 47.3 Å². The Labute approximate surface area is 161 Å². The second-order valence-corrected chi connectivity index (χ2v) is 7.87. The van der Waals surface area contributed by atoms with Crippen molar-refractivity contribution < 1.29 is 23.4 Å². The molecule has 4 rings (SSSR count). The van der Waals surface area contributed by atoms with Crippen molar-refractivity contribution >= 4 is 5.91 Å². The van der Waals surface area contributed by atoms with Gasteiger partial charge in [-0.15, -0.1) is 0 Å². The van der Waals surface area contributed by atoms with Crippen molar-refractivity contribution in [3.63, 3.8) is 0 Å². The normalized spacial score (nSPS) is 20.9. The molecule has 0 radical (unpaired) electrons. The summed E-state index contributed by atoms with van der Waals surface area (Å²) in [6.45, 7) is 4.68. The van der Waals surface area contributed by atoms with Gasteiger partial charge in [0.25, 0.3) is 5.91 Å². The van der Waals surface area contributed by atoms with Crippen LogP contribution >= 0.6 is 0 Å². The average molecular weight is 391 g/mol. The number of hydrogen-bond donors (Lipinski definition) is 1. The van der Waals surface area contributed by atoms with E-state index in [1.54, 1.807) is 10.9 Å². The zero-order chi connectivity index (χ0) is 20.1. The molecule has 1 N–H and O–H groups in total. The molecule has 1 atom stereocenters. The van der Waals surface area contributed by atoms with Crippen LogP contribution in [0.5, 0.6) is 5.75 Å². The molecule has 150 valence electrons. The fourth-order valence-corrected chi connectivity index (χ4v) is 3.94. The van der Waals surface area contributed by atoms with E-state index in [4.69, 9.17) is 4.74 Å². The average Bonchev–Trinajstić information content (AvgIpc) is 3.08. The van der Waals surface area contributed by atoms with Crippen LogP contribution in [-0.2, 0) is 0 Å². The Balaban J connectivity index is 1.49. The Morgan fingerprint density at radius 1 is 1.32 bits per heavy atom. The molecule has 0 bridgehead atoms. The van der Waals surface area contributed by atoms with E-state index in [2.05, 4.69) is 5.10 Å². The molecular weight excluding hydrogens is 368 g/mol. The molecule has 1 fully saturated rings. The van der Waals surface area contributed by atoms with Gasteiger partial charge in [0.1, 0.15) is 29.0 Å². The first-order valence-electron chi connectivity index (χ1n) is 9.48. The van der Waals surface area contributed by atoms with E-state index in [-0.39, 0.29) is 11.6 Å². The van der Waals surface area contributed by atoms with Crippen LogP contribution in [0.4, 0.5) is 8.78 Å². The Morgan fingerprint density at radius 2 is 2.04 bits per heavy atom. The molecule has 8 heteroatoms. The second-order valence-electron chi connectivity index (χ2n) is 7.87. The first-order chi connectivity index (χ1) is 13.3. The molecule has 2 aliphatic heterocycles. The largest absolute Gasteiger partial charge is 0.483 e. The van der Waals surface area contributed by atoms with Gasteiger partial charge in [0.2, 0.25) is 0 Å². The number of aliphatic hydroxyl groups excluding tert-OH is 1. The van der Waals surface area contributed by atoms with Crippen molar-refractivity contribution in [2.24, 2.45) is 0 Å². The lowest BCUT2D eigenvalue weighted by molar-refractivity contribution is -0.0504. The Hall–Kier alpha value is -2.48. The fraction of sp³-hybridized carbons (Fsp3) is 0.500. The molecule has 3 heterocycles. The van der Waals surface area contributed by atoms with Gasteiger partial charge in [0.15, 0.2) is 5.75 Å². The highest BCUT2D eigenvalue weighted by Gasteiger charge is 2.45. The molecular formula is C20H23F2N3O3. The number of aliphatic hydroxyl groups is 1. The number of piperidine rings is 1. The van der Waals surface area contributed by atoms with Crippen LogP contribution < -0.4 is 4.74 Å². The molecule has 2 aliphatic rings. The van der Waals surface area contributed by atoms with E-state index in [0.29, 0.717) is 43.8 Å². The first-order valence-corrected chi connectivity index (χ1v) is 9.48. The van der Waals surface area contributed by atoms with Gasteiger partial charge in [-0.3, -0.25) is 9.48 Å². The van der Waals surface area contributed by atoms with Crippen LogP contribution in [0.15, 0.2) is 24.4 Å². The summed E-state index contributed by atoms with van der Waals surface area (Å²) in [4.78, 5) is 14.1. The summed E-state index contributed by atoms with van der Waals surface area (Å²) in [6, 6.07) is 3.03. The van der Waals surface area contributed by atoms with E-state index in [9.17, 15) is 18.7 Å². The predicted octanol–water partition coefficient (Wildman–Crippen LogP) is 3.23. The number of benzene rings is 1. The van der Waals surface area contributed by atoms with Gasteiger partial charge in [-0.05, 0) is 32.0 Å². The topological polar surface area (TPSA) is 67.6 Å². The Kier molecular flexibility index (Phi) is 4.61. The van der Waals surface area contributed by atoms with Crippen LogP contribution in [-0.4, -0.2) is 44.4 Å². The highest BCUT2D eigenvalue weighted by molar-refractivity contribution is 5.94. The van der Waals surface area contributed by atoms with Crippen molar-refractivity contribution in [3.8, 4) is 5.75 Å². The smallest absolute Gasteiger partial charge is 0.256 e. The number of fused-ring (bicyclic) bond motifs is 1. The summed E-state index contributed by atoms with van der Waals surface area (Å²) in [6.07, 6.45) is 2.46. The predicted molar refractivity (Wildman–Crippen MR) is 97.0 cm³/mol. The van der Waals surface area contributed by atoms with Gasteiger partial charge < -0.3 is 14.7 Å². The van der Waals surface area contributed by atoms with Crippen LogP contribution in [0.1, 0.15) is 61.3 Å². The number of rotatable bonds is 2. The maximum atomic E-state index is 13.9. The Morgan fingerprint density at radius 3 is 2.71 bits per heavy atom. The van der Waals surface area contributed by atoms with Gasteiger partial charge in [-0.1, -0.05) is 0 Å². The lowest BCUT2D eigenvalue weighted by Gasteiger charge is -2.44. The molecule has 1 saturated heterocycles. The van der Waals surface area contributed by atoms with Crippen molar-refractivity contribution in [1.82, 2.24) is 14.7 Å². The quantitative estimate of drug-likeness (QED) is 0.854. The molecule has 2 aromatic rings. The molecule has 1 unspecified atom stereocenters. The van der Waals surface area contributed by atoms with E-state index in [0.717, 1.165) is 18.2 Å². The van der Waals surface area contributed by atoms with Crippen LogP contribution in [0.3, 0.4) is 0 Å². The van der Waals surface area contributed by atoms with Crippen molar-refractivity contribution in [2.75, 3.05) is 13.1 Å². The minimum absolute atomic E-state index is 0.151. The van der Waals surface area contributed by atoms with Gasteiger partial charge in [0, 0.05) is 38.4 Å². The zero-order valence-electron chi connectivity index (χ0n) is 15.9. The van der Waals surface area contributed by atoms with E-state index in [1.807, 2.05) is 13.8 Å². The molecule has 0 saturated carbocycles. The highest BCUT2D eigenvalue weighted by atomic mass is 19.1. The number of likely N-dealkylation sites (tertiary alicyclic amines) is 1. The third kappa shape index (κ3) is 3.26. The first kappa shape index (κ1) is 18.9. The fourth-order valence-electron chi connectivity index (χ4n) is 3.94. The SMILES string of the molecule is CC(C)n1cc2c(n1)C(O)CC1(CCN(C(=O)c3cc(F)ccc3F)CC1)O2. The molecule has 1 spiro atoms. The molecule has 28 heavy (non-hydrogen) atoms. The highest BCUT2D eigenvalue weighted by Crippen LogP contribution is 2.44. The minimum Gasteiger partial charge on any atom is -0.483 e. The van der Waals surface area contributed by atoms with Gasteiger partial charge >= 0.3 is 0 Å². The summed E-state index contributed by atoms with van der Waals surface area (Å²) >= 11 is 0. The summed E-state index contributed by atoms with van der Waals surface area (Å²) in [5.74, 6) is -1.34. The third-order valence-electron chi connectivity index (χ3n) is 5.58. The van der Waals surface area contributed by atoms with Gasteiger partial charge in [-0.2, -0.15) is 5.10 Å². The summed E-state index contributed by atoms with van der Waals surface area (Å²) < 4.78 is 35.3. The monoisotopic (exact) mass is 391 g/mol. The zero-order valence-corrected chi connectivity index (χ0v) is 15.9. The standard InChI is InChI=1S/C20H23F2N3O3/c1-12(2)25-11-17-18(23-25)16(26)10-20(28-17)5-7-24(8-6-20)19(27)14-9-13(21)3-4-15(14)22/h3-4,9,11-12,16,26H,5-8,10H2,1-2H3. The van der Waals surface area contributed by atoms with E-state index < -0.39 is 29.2 Å². The molecule has 1 amide bonds. The van der Waals surface area contributed by atoms with Crippen LogP contribution in [0.25, 0.3) is 0 Å².